The maximum Gasteiger partial charge on any atom is 0.217 e. The van der Waals surface area contributed by atoms with Gasteiger partial charge in [-0.15, -0.1) is 0 Å². The van der Waals surface area contributed by atoms with Crippen molar-refractivity contribution in [2.45, 2.75) is 0 Å². The second-order valence-electron chi connectivity index (χ2n) is 13.7. The number of fused-ring (bicyclic) bond motifs is 1. The molecule has 2 aromatic carbocycles. The van der Waals surface area contributed by atoms with Crippen LogP contribution in [0.1, 0.15) is 0 Å². The first-order valence-corrected chi connectivity index (χ1v) is 22.2. The lowest BCUT2D eigenvalue weighted by Gasteiger charge is -2.44. The van der Waals surface area contributed by atoms with Gasteiger partial charge in [0.05, 0.1) is 11.4 Å². The Morgan fingerprint density at radius 2 is 0.604 bits per heavy atom. The number of hydrogen-bond acceptors (Lipinski definition) is 2. The van der Waals surface area contributed by atoms with Crippen molar-refractivity contribution in [3.05, 3.63) is 36.4 Å². The van der Waals surface area contributed by atoms with Gasteiger partial charge in [0.25, 0.3) is 0 Å². The highest BCUT2D eigenvalue weighted by Gasteiger charge is 2.38. The second-order valence-corrected chi connectivity index (χ2v) is 27.8. The minimum Gasteiger partial charge on any atom is -0.252 e. The molecule has 0 aliphatic rings. The van der Waals surface area contributed by atoms with E-state index in [1.807, 2.05) is 0 Å². The van der Waals surface area contributed by atoms with Gasteiger partial charge in [-0.25, -0.2) is 28.2 Å². The molecule has 0 saturated carbocycles. The zero-order chi connectivity index (χ0) is 37.2. The topological polar surface area (TPSA) is 81.8 Å². The van der Waals surface area contributed by atoms with Crippen LogP contribution in [0.15, 0.2) is 54.9 Å². The third-order valence-corrected chi connectivity index (χ3v) is 23.7. The molecule has 0 aliphatic heterocycles. The monoisotopic (exact) mass is 746 g/mol. The van der Waals surface area contributed by atoms with Crippen LogP contribution < -0.4 is 0 Å². The molecule has 18 heteroatoms. The van der Waals surface area contributed by atoms with Crippen molar-refractivity contribution in [1.29, 1.82) is 0 Å². The van der Waals surface area contributed by atoms with Gasteiger partial charge in [-0.05, 0) is 158 Å². The molecule has 0 fully saturated rings. The molecule has 14 nitrogen and oxygen atoms in total. The highest BCUT2D eigenvalue weighted by atomic mass is 31.2. The van der Waals surface area contributed by atoms with E-state index in [9.17, 15) is 0 Å². The summed E-state index contributed by atoms with van der Waals surface area (Å²) in [5.41, 5.74) is 1.73. The molecule has 0 N–H and O–H groups in total. The van der Waals surface area contributed by atoms with Crippen LogP contribution >= 0.6 is 30.0 Å². The summed E-state index contributed by atoms with van der Waals surface area (Å²) in [4.78, 5) is 0. The van der Waals surface area contributed by atoms with E-state index in [1.54, 1.807) is 0 Å². The molecule has 0 spiro atoms. The molecule has 0 unspecified atom stereocenters. The Balaban J connectivity index is 3.40. The molecule has 0 aromatic heterocycles. The molecule has 0 saturated heterocycles. The summed E-state index contributed by atoms with van der Waals surface area (Å²) >= 11 is 0. The lowest BCUT2D eigenvalue weighted by atomic mass is 10.1. The van der Waals surface area contributed by atoms with E-state index in [0.29, 0.717) is 0 Å². The quantitative estimate of drug-likeness (QED) is 0.181. The summed E-state index contributed by atoms with van der Waals surface area (Å²) in [7, 11) is 32.0. The summed E-state index contributed by atoms with van der Waals surface area (Å²) in [6.07, 6.45) is 0. The fraction of sp³-hybridized carbons (Fsp3) is 0.667. The van der Waals surface area contributed by atoms with Gasteiger partial charge in [0.2, 0.25) is 15.0 Å². The lowest BCUT2D eigenvalue weighted by Crippen LogP contribution is -2.32. The fourth-order valence-electron chi connectivity index (χ4n) is 6.14. The molecule has 0 heterocycles. The summed E-state index contributed by atoms with van der Waals surface area (Å²) in [5.74, 6) is 0. The third kappa shape index (κ3) is 7.99. The van der Waals surface area contributed by atoms with Gasteiger partial charge in [-0.3, -0.25) is 28.0 Å². The smallest absolute Gasteiger partial charge is 0.217 e. The first-order chi connectivity index (χ1) is 22.0. The van der Waals surface area contributed by atoms with Gasteiger partial charge >= 0.3 is 0 Å². The van der Waals surface area contributed by atoms with Crippen LogP contribution in [0.3, 0.4) is 0 Å². The van der Waals surface area contributed by atoms with E-state index in [4.69, 9.17) is 18.5 Å². The predicted molar refractivity (Wildman–Crippen MR) is 218 cm³/mol. The van der Waals surface area contributed by atoms with Crippen LogP contribution in [0.5, 0.6) is 0 Å². The summed E-state index contributed by atoms with van der Waals surface area (Å²) in [5, 5.41) is 2.07. The Kier molecular flexibility index (Phi) is 15.1. The first-order valence-electron chi connectivity index (χ1n) is 15.8. The van der Waals surface area contributed by atoms with Gasteiger partial charge in [0, 0.05) is 5.39 Å². The van der Waals surface area contributed by atoms with Gasteiger partial charge in [0.15, 0.2) is 15.0 Å². The average Bonchev–Trinajstić information content (AvgIpc) is 2.95. The highest BCUT2D eigenvalue weighted by Crippen LogP contribution is 2.71. The van der Waals surface area contributed by atoms with Crippen molar-refractivity contribution in [1.82, 2.24) is 46.7 Å². The van der Waals surface area contributed by atoms with Gasteiger partial charge in [-0.1, -0.05) is 24.3 Å². The van der Waals surface area contributed by atoms with E-state index in [-0.39, 0.29) is 0 Å². The normalized spacial score (nSPS) is 14.0. The van der Waals surface area contributed by atoms with Crippen LogP contribution in [-0.2, 0) is 0 Å². The van der Waals surface area contributed by atoms with Crippen LogP contribution in [0.25, 0.3) is 10.8 Å². The first kappa shape index (κ1) is 43.4. The average molecular weight is 747 g/mol. The van der Waals surface area contributed by atoms with Crippen molar-refractivity contribution < 1.29 is 0 Å². The van der Waals surface area contributed by atoms with Crippen molar-refractivity contribution in [3.8, 4) is 0 Å². The van der Waals surface area contributed by atoms with Crippen molar-refractivity contribution in [3.63, 3.8) is 0 Å². The van der Waals surface area contributed by atoms with Crippen LogP contribution in [0.2, 0.25) is 0 Å². The van der Waals surface area contributed by atoms with Gasteiger partial charge in [0.1, 0.15) is 0 Å². The predicted octanol–water partition coefficient (Wildman–Crippen LogP) is 7.50. The molecular weight excluding hydrogens is 680 g/mol. The van der Waals surface area contributed by atoms with E-state index < -0.39 is 30.0 Å². The van der Waals surface area contributed by atoms with E-state index in [1.165, 1.54) is 0 Å². The highest BCUT2D eigenvalue weighted by molar-refractivity contribution is 7.71. The van der Waals surface area contributed by atoms with E-state index >= 15 is 0 Å². The maximum atomic E-state index is 5.82. The van der Waals surface area contributed by atoms with Crippen molar-refractivity contribution in [2.24, 2.45) is 18.5 Å². The molecule has 48 heavy (non-hydrogen) atoms. The minimum absolute atomic E-state index is 0.866. The molecule has 0 bridgehead atoms. The fourth-order valence-corrected chi connectivity index (χ4v) is 22.8. The Morgan fingerprint density at radius 1 is 0.354 bits per heavy atom. The molecule has 0 amide bonds. The van der Waals surface area contributed by atoms with Crippen molar-refractivity contribution in [2.75, 3.05) is 141 Å². The van der Waals surface area contributed by atoms with E-state index in [0.717, 1.165) is 22.1 Å². The Labute approximate surface area is 294 Å². The number of hydrogen-bond donors (Lipinski definition) is 0. The van der Waals surface area contributed by atoms with Gasteiger partial charge in [-0.2, -0.15) is 9.03 Å². The summed E-state index contributed by atoms with van der Waals surface area (Å²) < 4.78 is 45.4. The summed E-state index contributed by atoms with van der Waals surface area (Å²) in [6.45, 7) is 0. The number of rotatable bonds is 14. The largest absolute Gasteiger partial charge is 0.252 e. The Morgan fingerprint density at radius 3 is 0.812 bits per heavy atom. The summed E-state index contributed by atoms with van der Waals surface area (Å²) in [6, 6.07) is 12.7. The molecule has 0 radical (unpaired) electrons. The van der Waals surface area contributed by atoms with Gasteiger partial charge < -0.3 is 0 Å². The molecular formula is C30H66N14P4. The lowest BCUT2D eigenvalue weighted by molar-refractivity contribution is 0.472. The van der Waals surface area contributed by atoms with Crippen molar-refractivity contribution >= 4 is 52.2 Å². The standard InChI is InChI=1S/C30H66N14P4/c1-35(2)45(36(3)4,33-47(39(9)10,40(11)12)41(13)14)31-28-25-21-23-27-24-22-26-29(30(27)28)32-46(37(5)6,38(7)8)34-48(42(15)16,43(17)18)44(19)20/h21-26H,1-20H3. The second kappa shape index (κ2) is 16.7. The Bertz CT molecular complexity index is 1430. The molecule has 276 valence electrons. The molecule has 0 atom stereocenters. The van der Waals surface area contributed by atoms with Crippen LogP contribution in [-0.4, -0.2) is 188 Å². The van der Waals surface area contributed by atoms with Crippen LogP contribution in [0.4, 0.5) is 11.4 Å². The molecule has 0 aliphatic carbocycles. The SMILES string of the molecule is CN(C)P(=Nc1cccc2cccc(N=P(N=P(N(C)C)(N(C)C)N(C)C)(N(C)C)N(C)C)c12)(N=P(N(C)C)(N(C)C)N(C)C)N(C)C. The Hall–Kier alpha value is -0.780. The zero-order valence-corrected chi connectivity index (χ0v) is 37.1. The zero-order valence-electron chi connectivity index (χ0n) is 33.5. The number of benzene rings is 2. The van der Waals surface area contributed by atoms with Crippen LogP contribution in [0, 0.1) is 0 Å². The maximum absolute atomic E-state index is 5.82. The minimum atomic E-state index is -2.68. The third-order valence-electron chi connectivity index (χ3n) is 8.19. The van der Waals surface area contributed by atoms with E-state index in [2.05, 4.69) is 224 Å². The number of nitrogens with zero attached hydrogens (tertiary/aromatic N) is 14. The molecule has 2 rings (SSSR count). The molecule has 2 aromatic rings.